The van der Waals surface area contributed by atoms with Crippen LogP contribution in [0.15, 0.2) is 17.6 Å². The van der Waals surface area contributed by atoms with Gasteiger partial charge in [-0.15, -0.1) is 11.3 Å². The minimum Gasteiger partial charge on any atom is -0.477 e. The molecule has 6 heteroatoms. The van der Waals surface area contributed by atoms with Crippen LogP contribution in [0.1, 0.15) is 16.3 Å². The molecule has 0 atom stereocenters. The van der Waals surface area contributed by atoms with Crippen molar-refractivity contribution in [3.8, 4) is 5.88 Å². The van der Waals surface area contributed by atoms with Crippen molar-refractivity contribution >= 4 is 22.9 Å². The molecule has 0 aliphatic rings. The van der Waals surface area contributed by atoms with Gasteiger partial charge in [-0.25, -0.2) is 9.97 Å². The van der Waals surface area contributed by atoms with E-state index in [0.717, 1.165) is 12.1 Å². The highest BCUT2D eigenvalue weighted by atomic mass is 35.5. The normalized spacial score (nSPS) is 10.6. The molecule has 96 valence electrons. The fourth-order valence-corrected chi connectivity index (χ4v) is 2.45. The van der Waals surface area contributed by atoms with Gasteiger partial charge in [0.2, 0.25) is 5.88 Å². The highest BCUT2D eigenvalue weighted by Crippen LogP contribution is 2.18. The second-order valence-corrected chi connectivity index (χ2v) is 5.09. The van der Waals surface area contributed by atoms with Crippen LogP contribution in [0, 0.1) is 6.92 Å². The Hall–Kier alpha value is -1.17. The van der Waals surface area contributed by atoms with Crippen molar-refractivity contribution < 1.29 is 4.74 Å². The fraction of sp³-hybridized carbons (Fsp3) is 0.333. The Morgan fingerprint density at radius 3 is 2.94 bits per heavy atom. The first kappa shape index (κ1) is 13.3. The predicted octanol–water partition coefficient (Wildman–Crippen LogP) is 2.58. The molecule has 2 rings (SSSR count). The number of aromatic nitrogens is 2. The largest absolute Gasteiger partial charge is 0.477 e. The lowest BCUT2D eigenvalue weighted by Gasteiger charge is -2.07. The maximum Gasteiger partial charge on any atom is 0.213 e. The Morgan fingerprint density at radius 1 is 1.44 bits per heavy atom. The fourth-order valence-electron chi connectivity index (χ4n) is 1.50. The van der Waals surface area contributed by atoms with E-state index in [1.807, 2.05) is 12.4 Å². The highest BCUT2D eigenvalue weighted by Gasteiger charge is 2.05. The molecule has 2 aromatic heterocycles. The lowest BCUT2D eigenvalue weighted by molar-refractivity contribution is 0.309. The third-order valence-electron chi connectivity index (χ3n) is 2.51. The maximum atomic E-state index is 5.93. The number of hydrogen-bond donors (Lipinski definition) is 1. The number of rotatable bonds is 5. The second kappa shape index (κ2) is 6.13. The molecule has 0 saturated carbocycles. The van der Waals surface area contributed by atoms with E-state index in [4.69, 9.17) is 22.1 Å². The number of aryl methyl sites for hydroxylation is 1. The first-order valence-electron chi connectivity index (χ1n) is 5.58. The van der Waals surface area contributed by atoms with Gasteiger partial charge in [0.1, 0.15) is 0 Å². The van der Waals surface area contributed by atoms with Gasteiger partial charge in [0, 0.05) is 23.9 Å². The maximum absolute atomic E-state index is 5.93. The minimum atomic E-state index is 0.310. The Kier molecular flexibility index (Phi) is 4.52. The van der Waals surface area contributed by atoms with Crippen LogP contribution in [0.3, 0.4) is 0 Å². The van der Waals surface area contributed by atoms with Gasteiger partial charge < -0.3 is 10.5 Å². The molecule has 0 aliphatic carbocycles. The smallest absolute Gasteiger partial charge is 0.213 e. The number of hydrogen-bond acceptors (Lipinski definition) is 5. The molecule has 2 heterocycles. The summed E-state index contributed by atoms with van der Waals surface area (Å²) in [6, 6.07) is 3.51. The molecule has 0 unspecified atom stereocenters. The van der Waals surface area contributed by atoms with Gasteiger partial charge >= 0.3 is 0 Å². The van der Waals surface area contributed by atoms with Crippen LogP contribution in [0.25, 0.3) is 0 Å². The van der Waals surface area contributed by atoms with Crippen LogP contribution in [-0.4, -0.2) is 16.6 Å². The minimum absolute atomic E-state index is 0.310. The number of nitrogens with zero attached hydrogens (tertiary/aromatic N) is 2. The Labute approximate surface area is 115 Å². The molecule has 2 aromatic rings. The van der Waals surface area contributed by atoms with Gasteiger partial charge in [0.15, 0.2) is 0 Å². The number of thiazole rings is 1. The molecule has 0 fully saturated rings. The van der Waals surface area contributed by atoms with Gasteiger partial charge in [-0.3, -0.25) is 0 Å². The summed E-state index contributed by atoms with van der Waals surface area (Å²) in [5.74, 6) is 0.557. The molecule has 18 heavy (non-hydrogen) atoms. The first-order valence-corrected chi connectivity index (χ1v) is 6.83. The van der Waals surface area contributed by atoms with Crippen molar-refractivity contribution in [2.75, 3.05) is 6.61 Å². The number of ether oxygens (including phenoxy) is 1. The topological polar surface area (TPSA) is 61.0 Å². The molecule has 0 spiro atoms. The molecule has 2 N–H and O–H groups in total. The summed E-state index contributed by atoms with van der Waals surface area (Å²) < 4.78 is 5.59. The molecular weight excluding hydrogens is 270 g/mol. The predicted molar refractivity (Wildman–Crippen MR) is 73.2 cm³/mol. The molecule has 0 saturated heterocycles. The second-order valence-electron chi connectivity index (χ2n) is 3.74. The molecule has 0 aliphatic heterocycles. The summed E-state index contributed by atoms with van der Waals surface area (Å²) in [5, 5.41) is 0.572. The van der Waals surface area contributed by atoms with Crippen LogP contribution in [0.2, 0.25) is 5.02 Å². The van der Waals surface area contributed by atoms with Crippen molar-refractivity contribution in [1.29, 1.82) is 0 Å². The van der Waals surface area contributed by atoms with Gasteiger partial charge in [0.05, 0.1) is 28.5 Å². The van der Waals surface area contributed by atoms with E-state index in [1.54, 1.807) is 23.5 Å². The number of nitrogens with two attached hydrogens (primary N) is 1. The van der Waals surface area contributed by atoms with Gasteiger partial charge in [0.25, 0.3) is 0 Å². The van der Waals surface area contributed by atoms with E-state index in [1.165, 1.54) is 4.88 Å². The van der Waals surface area contributed by atoms with Gasteiger partial charge in [-0.2, -0.15) is 0 Å². The number of pyridine rings is 1. The monoisotopic (exact) mass is 283 g/mol. The third kappa shape index (κ3) is 3.19. The van der Waals surface area contributed by atoms with E-state index < -0.39 is 0 Å². The molecule has 4 nitrogen and oxygen atoms in total. The van der Waals surface area contributed by atoms with E-state index in [0.29, 0.717) is 29.7 Å². The standard InChI is InChI=1S/C12H14ClN3OS/c1-8-11(18-7-15-8)4-5-17-12-3-2-9(13)10(6-14)16-12/h2-3,7H,4-6,14H2,1H3. The van der Waals surface area contributed by atoms with E-state index in [2.05, 4.69) is 9.97 Å². The molecule has 0 radical (unpaired) electrons. The van der Waals surface area contributed by atoms with Crippen molar-refractivity contribution in [2.24, 2.45) is 5.73 Å². The zero-order chi connectivity index (χ0) is 13.0. The summed E-state index contributed by atoms with van der Waals surface area (Å²) in [6.45, 7) is 2.88. The van der Waals surface area contributed by atoms with E-state index in [9.17, 15) is 0 Å². The molecule has 0 bridgehead atoms. The van der Waals surface area contributed by atoms with E-state index >= 15 is 0 Å². The molecular formula is C12H14ClN3OS. The lowest BCUT2D eigenvalue weighted by atomic mass is 10.3. The summed E-state index contributed by atoms with van der Waals surface area (Å²) in [6.07, 6.45) is 0.832. The summed E-state index contributed by atoms with van der Waals surface area (Å²) in [4.78, 5) is 9.67. The third-order valence-corrected chi connectivity index (χ3v) is 3.85. The Morgan fingerprint density at radius 2 is 2.28 bits per heavy atom. The Balaban J connectivity index is 1.92. The summed E-state index contributed by atoms with van der Waals surface area (Å²) >= 11 is 7.57. The van der Waals surface area contributed by atoms with Crippen molar-refractivity contribution in [1.82, 2.24) is 9.97 Å². The zero-order valence-electron chi connectivity index (χ0n) is 10.0. The van der Waals surface area contributed by atoms with Crippen LogP contribution < -0.4 is 10.5 Å². The quantitative estimate of drug-likeness (QED) is 0.916. The highest BCUT2D eigenvalue weighted by molar-refractivity contribution is 7.09. The lowest BCUT2D eigenvalue weighted by Crippen LogP contribution is -2.06. The molecule has 0 amide bonds. The van der Waals surface area contributed by atoms with Crippen LogP contribution in [-0.2, 0) is 13.0 Å². The van der Waals surface area contributed by atoms with Crippen LogP contribution >= 0.6 is 22.9 Å². The summed E-state index contributed by atoms with van der Waals surface area (Å²) in [7, 11) is 0. The van der Waals surface area contributed by atoms with E-state index in [-0.39, 0.29) is 0 Å². The van der Waals surface area contributed by atoms with Crippen LogP contribution in [0.5, 0.6) is 5.88 Å². The van der Waals surface area contributed by atoms with Crippen molar-refractivity contribution in [2.45, 2.75) is 19.9 Å². The summed E-state index contributed by atoms with van der Waals surface area (Å²) in [5.41, 5.74) is 9.10. The average Bonchev–Trinajstić information content (AvgIpc) is 2.77. The first-order chi connectivity index (χ1) is 8.70. The average molecular weight is 284 g/mol. The van der Waals surface area contributed by atoms with Crippen LogP contribution in [0.4, 0.5) is 0 Å². The van der Waals surface area contributed by atoms with Crippen molar-refractivity contribution in [3.63, 3.8) is 0 Å². The van der Waals surface area contributed by atoms with Crippen molar-refractivity contribution in [3.05, 3.63) is 38.9 Å². The van der Waals surface area contributed by atoms with Gasteiger partial charge in [-0.1, -0.05) is 11.6 Å². The number of halogens is 1. The SMILES string of the molecule is Cc1ncsc1CCOc1ccc(Cl)c(CN)n1. The van der Waals surface area contributed by atoms with Gasteiger partial charge in [-0.05, 0) is 13.0 Å². The molecule has 0 aromatic carbocycles. The Bertz CT molecular complexity index is 530. The zero-order valence-corrected chi connectivity index (χ0v) is 11.6.